The van der Waals surface area contributed by atoms with E-state index in [1.54, 1.807) is 24.3 Å². The molecule has 6 nitrogen and oxygen atoms in total. The number of benzene rings is 1. The number of nitrogens with one attached hydrogen (secondary N) is 3. The van der Waals surface area contributed by atoms with E-state index in [0.29, 0.717) is 11.4 Å². The number of carbonyl (C=O) groups excluding carboxylic acids is 1. The van der Waals surface area contributed by atoms with Gasteiger partial charge >= 0.3 is 6.03 Å². The van der Waals surface area contributed by atoms with Crippen LogP contribution in [0.25, 0.3) is 0 Å². The summed E-state index contributed by atoms with van der Waals surface area (Å²) in [5, 5.41) is 5.74. The summed E-state index contributed by atoms with van der Waals surface area (Å²) >= 11 is 0. The minimum Gasteiger partial charge on any atom is -0.329 e. The molecule has 2 rings (SSSR count). The lowest BCUT2D eigenvalue weighted by Crippen LogP contribution is -2.48. The minimum absolute atomic E-state index is 0.296. The number of hydrogen-bond donors (Lipinski definition) is 3. The zero-order valence-electron chi connectivity index (χ0n) is 13.2. The van der Waals surface area contributed by atoms with Crippen molar-refractivity contribution in [3.05, 3.63) is 48.6 Å². The van der Waals surface area contributed by atoms with Gasteiger partial charge in [0, 0.05) is 11.4 Å². The molecule has 0 saturated heterocycles. The molecule has 0 spiro atoms. The molecule has 1 aromatic carbocycles. The average Bonchev–Trinajstić information content (AvgIpc) is 2.48. The third-order valence-electron chi connectivity index (χ3n) is 3.58. The first-order valence-corrected chi connectivity index (χ1v) is 9.22. The number of rotatable bonds is 5. The van der Waals surface area contributed by atoms with Crippen molar-refractivity contribution in [2.75, 3.05) is 16.3 Å². The topological polar surface area (TPSA) is 87.3 Å². The molecule has 124 valence electrons. The summed E-state index contributed by atoms with van der Waals surface area (Å²) in [6.07, 6.45) is 10.5. The van der Waals surface area contributed by atoms with Crippen LogP contribution in [0.1, 0.15) is 19.8 Å². The molecule has 0 radical (unpaired) electrons. The van der Waals surface area contributed by atoms with Crippen molar-refractivity contribution in [3.8, 4) is 0 Å². The predicted octanol–water partition coefficient (Wildman–Crippen LogP) is 2.84. The second-order valence-electron chi connectivity index (χ2n) is 5.53. The lowest BCUT2D eigenvalue weighted by molar-refractivity contribution is 0.242. The normalized spacial score (nSPS) is 20.1. The summed E-state index contributed by atoms with van der Waals surface area (Å²) in [5.41, 5.74) is 0.670. The molecule has 0 bridgehead atoms. The Morgan fingerprint density at radius 3 is 2.35 bits per heavy atom. The Morgan fingerprint density at radius 1 is 1.17 bits per heavy atom. The van der Waals surface area contributed by atoms with Crippen LogP contribution in [0, 0.1) is 0 Å². The Kier molecular flexibility index (Phi) is 5.10. The van der Waals surface area contributed by atoms with E-state index in [4.69, 9.17) is 0 Å². The fraction of sp³-hybridized carbons (Fsp3) is 0.312. The molecule has 1 atom stereocenters. The largest absolute Gasteiger partial charge is 0.329 e. The van der Waals surface area contributed by atoms with E-state index in [0.717, 1.165) is 19.1 Å². The number of carbonyl (C=O) groups is 1. The van der Waals surface area contributed by atoms with Gasteiger partial charge < -0.3 is 10.6 Å². The molecule has 0 unspecified atom stereocenters. The van der Waals surface area contributed by atoms with E-state index < -0.39 is 10.0 Å². The first-order chi connectivity index (χ1) is 10.8. The van der Waals surface area contributed by atoms with Crippen LogP contribution in [0.4, 0.5) is 16.2 Å². The number of hydrogen-bond acceptors (Lipinski definition) is 3. The zero-order valence-corrected chi connectivity index (χ0v) is 14.0. The summed E-state index contributed by atoms with van der Waals surface area (Å²) in [4.78, 5) is 12.2. The summed E-state index contributed by atoms with van der Waals surface area (Å²) in [5.74, 6) is 0. The number of sulfonamides is 1. The van der Waals surface area contributed by atoms with Crippen LogP contribution in [-0.4, -0.2) is 26.2 Å². The van der Waals surface area contributed by atoms with E-state index >= 15 is 0 Å². The highest BCUT2D eigenvalue weighted by molar-refractivity contribution is 7.92. The predicted molar refractivity (Wildman–Crippen MR) is 93.0 cm³/mol. The van der Waals surface area contributed by atoms with Gasteiger partial charge in [-0.25, -0.2) is 13.2 Å². The molecule has 0 fully saturated rings. The monoisotopic (exact) mass is 335 g/mol. The van der Waals surface area contributed by atoms with Crippen LogP contribution >= 0.6 is 0 Å². The van der Waals surface area contributed by atoms with Crippen LogP contribution < -0.4 is 15.4 Å². The van der Waals surface area contributed by atoms with Crippen molar-refractivity contribution in [2.24, 2.45) is 0 Å². The van der Waals surface area contributed by atoms with Crippen molar-refractivity contribution in [1.82, 2.24) is 5.32 Å². The Labute approximate surface area is 136 Å². The van der Waals surface area contributed by atoms with Crippen LogP contribution in [0.5, 0.6) is 0 Å². The second-order valence-corrected chi connectivity index (χ2v) is 7.28. The van der Waals surface area contributed by atoms with Crippen molar-refractivity contribution in [3.63, 3.8) is 0 Å². The standard InChI is InChI=1S/C16H21N3O3S/c1-3-16(11-5-4-6-12-16)18-15(20)17-13-7-9-14(10-8-13)19-23(2,21)22/h4-11,19H,3,12H2,1-2H3,(H2,17,18,20)/t16-/m0/s1. The van der Waals surface area contributed by atoms with E-state index in [1.165, 1.54) is 0 Å². The summed E-state index contributed by atoms with van der Waals surface area (Å²) < 4.78 is 24.7. The highest BCUT2D eigenvalue weighted by Crippen LogP contribution is 2.22. The van der Waals surface area contributed by atoms with E-state index in [2.05, 4.69) is 15.4 Å². The summed E-state index contributed by atoms with van der Waals surface area (Å²) in [6, 6.07) is 6.17. The third kappa shape index (κ3) is 5.14. The maximum absolute atomic E-state index is 12.2. The first kappa shape index (κ1) is 17.1. The van der Waals surface area contributed by atoms with Gasteiger partial charge in [-0.05, 0) is 37.1 Å². The average molecular weight is 335 g/mol. The maximum Gasteiger partial charge on any atom is 0.319 e. The highest BCUT2D eigenvalue weighted by atomic mass is 32.2. The molecule has 1 aromatic rings. The summed E-state index contributed by atoms with van der Waals surface area (Å²) in [6.45, 7) is 2.02. The molecule has 0 heterocycles. The molecule has 1 aliphatic rings. The SMILES string of the molecule is CC[C@]1(NC(=O)Nc2ccc(NS(C)(=O)=O)cc2)C=CC=CC1. The van der Waals surface area contributed by atoms with Gasteiger partial charge in [-0.1, -0.05) is 31.2 Å². The number of urea groups is 1. The van der Waals surface area contributed by atoms with Gasteiger partial charge in [0.25, 0.3) is 0 Å². The van der Waals surface area contributed by atoms with Gasteiger partial charge in [0.2, 0.25) is 10.0 Å². The van der Waals surface area contributed by atoms with Gasteiger partial charge in [-0.15, -0.1) is 0 Å². The fourth-order valence-corrected chi connectivity index (χ4v) is 2.90. The molecule has 7 heteroatoms. The van der Waals surface area contributed by atoms with Crippen LogP contribution in [0.15, 0.2) is 48.6 Å². The van der Waals surface area contributed by atoms with E-state index in [1.807, 2.05) is 31.2 Å². The highest BCUT2D eigenvalue weighted by Gasteiger charge is 2.26. The Balaban J connectivity index is 1.97. The van der Waals surface area contributed by atoms with Crippen LogP contribution in [0.3, 0.4) is 0 Å². The van der Waals surface area contributed by atoms with Crippen molar-refractivity contribution >= 4 is 27.4 Å². The molecule has 0 aromatic heterocycles. The third-order valence-corrected chi connectivity index (χ3v) is 4.19. The van der Waals surface area contributed by atoms with E-state index in [9.17, 15) is 13.2 Å². The molecular weight excluding hydrogens is 314 g/mol. The van der Waals surface area contributed by atoms with Crippen molar-refractivity contribution in [1.29, 1.82) is 0 Å². The second kappa shape index (κ2) is 6.87. The maximum atomic E-state index is 12.2. The zero-order chi connectivity index (χ0) is 16.9. The molecule has 3 N–H and O–H groups in total. The van der Waals surface area contributed by atoms with Crippen LogP contribution in [0.2, 0.25) is 0 Å². The lowest BCUT2D eigenvalue weighted by atomic mass is 9.89. The molecule has 1 aliphatic carbocycles. The van der Waals surface area contributed by atoms with Crippen molar-refractivity contribution < 1.29 is 13.2 Å². The number of allylic oxidation sites excluding steroid dienone is 2. The molecule has 2 amide bonds. The Morgan fingerprint density at radius 2 is 1.83 bits per heavy atom. The molecule has 0 saturated carbocycles. The summed E-state index contributed by atoms with van der Waals surface area (Å²) in [7, 11) is -3.31. The molecule has 0 aliphatic heterocycles. The smallest absolute Gasteiger partial charge is 0.319 e. The Bertz CT molecular complexity index is 723. The molecule has 23 heavy (non-hydrogen) atoms. The van der Waals surface area contributed by atoms with E-state index in [-0.39, 0.29) is 11.6 Å². The first-order valence-electron chi connectivity index (χ1n) is 7.33. The number of anilines is 2. The van der Waals surface area contributed by atoms with Gasteiger partial charge in [0.1, 0.15) is 0 Å². The van der Waals surface area contributed by atoms with Gasteiger partial charge in [0.05, 0.1) is 11.8 Å². The van der Waals surface area contributed by atoms with Gasteiger partial charge in [-0.3, -0.25) is 4.72 Å². The van der Waals surface area contributed by atoms with Crippen LogP contribution in [-0.2, 0) is 10.0 Å². The van der Waals surface area contributed by atoms with Crippen molar-refractivity contribution in [2.45, 2.75) is 25.3 Å². The lowest BCUT2D eigenvalue weighted by Gasteiger charge is -2.31. The van der Waals surface area contributed by atoms with Gasteiger partial charge in [-0.2, -0.15) is 0 Å². The fourth-order valence-electron chi connectivity index (χ4n) is 2.33. The molecular formula is C16H21N3O3S. The Hall–Kier alpha value is -2.28. The number of amides is 2. The van der Waals surface area contributed by atoms with Gasteiger partial charge in [0.15, 0.2) is 0 Å². The quantitative estimate of drug-likeness (QED) is 0.773. The minimum atomic E-state index is -3.31.